The topological polar surface area (TPSA) is 201 Å². The molecule has 0 bridgehead atoms. The molecule has 2 aliphatic rings. The van der Waals surface area contributed by atoms with Crippen LogP contribution in [0.2, 0.25) is 0 Å². The Morgan fingerprint density at radius 3 is 1.83 bits per heavy atom. The van der Waals surface area contributed by atoms with Gasteiger partial charge in [-0.2, -0.15) is 25.3 Å². The van der Waals surface area contributed by atoms with Crippen molar-refractivity contribution in [2.24, 2.45) is 4.99 Å². The van der Waals surface area contributed by atoms with E-state index in [4.69, 9.17) is 4.42 Å². The predicted octanol–water partition coefficient (Wildman–Crippen LogP) is 6.54. The Kier molecular flexibility index (Phi) is 8.23. The van der Waals surface area contributed by atoms with Gasteiger partial charge in [-0.3, -0.25) is 13.7 Å². The Morgan fingerprint density at radius 1 is 0.625 bits per heavy atom. The lowest BCUT2D eigenvalue weighted by Crippen LogP contribution is -2.10. The lowest BCUT2D eigenvalue weighted by Gasteiger charge is -2.20. The van der Waals surface area contributed by atoms with Gasteiger partial charge in [0.1, 0.15) is 16.2 Å². The second-order valence-electron chi connectivity index (χ2n) is 10.9. The number of anilines is 2. The van der Waals surface area contributed by atoms with Gasteiger partial charge in [0.15, 0.2) is 0 Å². The Bertz CT molecular complexity index is 2610. The standard InChI is InChI=1S/C33H26N2O10S3/c1-19-28(34-21-7-11-23(12-8-21)46(36,37)38)17-15-26-31(25-5-3-4-6-30(25)48(42,43)44)27-16-18-29(20(2)33(27)45-32(19)26)35-22-9-13-24(14-10-22)47(39,40)41/h3-18,34H,1-2H3,(H,36,37,38)(H,39,40,41)(H,42,43,44). The summed E-state index contributed by atoms with van der Waals surface area (Å²) in [6.45, 7) is 3.54. The first-order chi connectivity index (χ1) is 22.5. The molecule has 1 aliphatic heterocycles. The van der Waals surface area contributed by atoms with Gasteiger partial charge >= 0.3 is 0 Å². The van der Waals surface area contributed by atoms with Crippen molar-refractivity contribution in [2.45, 2.75) is 28.5 Å². The van der Waals surface area contributed by atoms with Crippen LogP contribution in [0.25, 0.3) is 33.4 Å². The molecule has 12 nitrogen and oxygen atoms in total. The summed E-state index contributed by atoms with van der Waals surface area (Å²) >= 11 is 0. The molecule has 0 unspecified atom stereocenters. The Hall–Kier alpha value is -4.90. The first kappa shape index (κ1) is 33.0. The zero-order valence-electron chi connectivity index (χ0n) is 25.1. The van der Waals surface area contributed by atoms with Gasteiger partial charge in [0.05, 0.1) is 20.8 Å². The van der Waals surface area contributed by atoms with E-state index in [9.17, 15) is 38.9 Å². The van der Waals surface area contributed by atoms with Crippen LogP contribution in [-0.4, -0.2) is 38.9 Å². The Morgan fingerprint density at radius 2 is 1.23 bits per heavy atom. The van der Waals surface area contributed by atoms with Gasteiger partial charge in [0.2, 0.25) is 0 Å². The third-order valence-electron chi connectivity index (χ3n) is 7.78. The highest BCUT2D eigenvalue weighted by molar-refractivity contribution is 7.86. The van der Waals surface area contributed by atoms with E-state index in [2.05, 4.69) is 10.3 Å². The highest BCUT2D eigenvalue weighted by Gasteiger charge is 2.26. The summed E-state index contributed by atoms with van der Waals surface area (Å²) in [7, 11) is -13.4. The van der Waals surface area contributed by atoms with E-state index in [1.165, 1.54) is 60.7 Å². The highest BCUT2D eigenvalue weighted by Crippen LogP contribution is 2.45. The lowest BCUT2D eigenvalue weighted by molar-refractivity contribution is 0.481. The van der Waals surface area contributed by atoms with Crippen LogP contribution in [0.15, 0.2) is 121 Å². The van der Waals surface area contributed by atoms with Crippen LogP contribution in [-0.2, 0) is 30.4 Å². The number of hydrogen-bond acceptors (Lipinski definition) is 9. The van der Waals surface area contributed by atoms with Crippen molar-refractivity contribution in [2.75, 3.05) is 5.32 Å². The second-order valence-corrected chi connectivity index (χ2v) is 15.1. The fourth-order valence-electron chi connectivity index (χ4n) is 5.42. The molecule has 48 heavy (non-hydrogen) atoms. The lowest BCUT2D eigenvalue weighted by atomic mass is 9.91. The molecule has 0 amide bonds. The maximum absolute atomic E-state index is 12.5. The second kappa shape index (κ2) is 12.0. The summed E-state index contributed by atoms with van der Waals surface area (Å²) in [6, 6.07) is 23.7. The Labute approximate surface area is 275 Å². The minimum absolute atomic E-state index is 0.233. The fourth-order valence-corrected chi connectivity index (χ4v) is 7.08. The zero-order valence-corrected chi connectivity index (χ0v) is 27.6. The molecule has 0 aromatic heterocycles. The van der Waals surface area contributed by atoms with Crippen LogP contribution in [0.4, 0.5) is 17.1 Å². The van der Waals surface area contributed by atoms with E-state index in [0.29, 0.717) is 61.4 Å². The van der Waals surface area contributed by atoms with Gasteiger partial charge in [-0.25, -0.2) is 4.99 Å². The number of benzene rings is 5. The molecule has 0 spiro atoms. The molecule has 0 radical (unpaired) electrons. The summed E-state index contributed by atoms with van der Waals surface area (Å²) in [5.41, 5.74) is 4.27. The minimum atomic E-state index is -4.65. The molecule has 4 aromatic rings. The first-order valence-electron chi connectivity index (χ1n) is 14.1. The van der Waals surface area contributed by atoms with Crippen LogP contribution >= 0.6 is 0 Å². The number of nitrogens with zero attached hydrogens (tertiary/aromatic N) is 1. The summed E-state index contributed by atoms with van der Waals surface area (Å²) < 4.78 is 106. The van der Waals surface area contributed by atoms with Crippen LogP contribution in [0.5, 0.6) is 0 Å². The fraction of sp³-hybridized carbons (Fsp3) is 0.0606. The van der Waals surface area contributed by atoms with Crippen LogP contribution in [0.3, 0.4) is 0 Å². The Balaban J connectivity index is 1.60. The van der Waals surface area contributed by atoms with E-state index in [1.54, 1.807) is 50.2 Å². The van der Waals surface area contributed by atoms with Gasteiger partial charge < -0.3 is 9.73 Å². The molecule has 0 fully saturated rings. The largest absolute Gasteiger partial charge is 0.455 e. The number of rotatable bonds is 7. The van der Waals surface area contributed by atoms with E-state index < -0.39 is 30.4 Å². The van der Waals surface area contributed by atoms with Crippen LogP contribution < -0.4 is 10.7 Å². The van der Waals surface area contributed by atoms with Gasteiger partial charge in [0.25, 0.3) is 30.4 Å². The van der Waals surface area contributed by atoms with Gasteiger partial charge in [-0.05, 0) is 92.7 Å². The van der Waals surface area contributed by atoms with Crippen molar-refractivity contribution in [1.82, 2.24) is 0 Å². The molecule has 1 heterocycles. The van der Waals surface area contributed by atoms with Crippen LogP contribution in [0, 0.1) is 13.8 Å². The predicted molar refractivity (Wildman–Crippen MR) is 179 cm³/mol. The van der Waals surface area contributed by atoms with E-state index in [0.717, 1.165) is 0 Å². The first-order valence-corrected chi connectivity index (χ1v) is 18.4. The van der Waals surface area contributed by atoms with Crippen molar-refractivity contribution >= 4 is 58.4 Å². The van der Waals surface area contributed by atoms with Crippen molar-refractivity contribution in [3.05, 3.63) is 114 Å². The van der Waals surface area contributed by atoms with E-state index in [-0.39, 0.29) is 20.2 Å². The molecule has 4 aromatic carbocycles. The molecule has 15 heteroatoms. The SMILES string of the molecule is Cc1c2oc3c(C)c(Nc4ccc(S(=O)(=O)O)cc4)ccc3c(-c3ccccc3S(=O)(=O)O)c-2ccc1=Nc1ccc(S(=O)(=O)O)cc1. The third kappa shape index (κ3) is 6.34. The summed E-state index contributed by atoms with van der Waals surface area (Å²) in [6.07, 6.45) is 0. The minimum Gasteiger partial charge on any atom is -0.455 e. The van der Waals surface area contributed by atoms with Crippen molar-refractivity contribution < 1.29 is 43.3 Å². The molecule has 1 aliphatic carbocycles. The van der Waals surface area contributed by atoms with Gasteiger partial charge in [-0.15, -0.1) is 0 Å². The summed E-state index contributed by atoms with van der Waals surface area (Å²) in [4.78, 5) is 3.78. The molecule has 0 saturated carbocycles. The van der Waals surface area contributed by atoms with Gasteiger partial charge in [0, 0.05) is 44.6 Å². The zero-order chi connectivity index (χ0) is 34.6. The summed E-state index contributed by atoms with van der Waals surface area (Å²) in [5, 5.41) is 4.21. The number of aryl methyl sites for hydroxylation is 1. The highest BCUT2D eigenvalue weighted by atomic mass is 32.2. The molecule has 4 N–H and O–H groups in total. The normalized spacial score (nSPS) is 12.9. The monoisotopic (exact) mass is 706 g/mol. The molecule has 0 saturated heterocycles. The maximum atomic E-state index is 12.5. The van der Waals surface area contributed by atoms with Crippen molar-refractivity contribution in [3.8, 4) is 22.5 Å². The van der Waals surface area contributed by atoms with Crippen LogP contribution in [0.1, 0.15) is 11.1 Å². The third-order valence-corrected chi connectivity index (χ3v) is 10.4. The number of hydrogen-bond donors (Lipinski definition) is 4. The van der Waals surface area contributed by atoms with E-state index in [1.807, 2.05) is 0 Å². The molecular formula is C33H26N2O10S3. The van der Waals surface area contributed by atoms with Gasteiger partial charge in [-0.1, -0.05) is 18.2 Å². The average Bonchev–Trinajstić information content (AvgIpc) is 3.02. The number of fused-ring (bicyclic) bond motifs is 2. The molecular weight excluding hydrogens is 681 g/mol. The quantitative estimate of drug-likeness (QED) is 0.104. The smallest absolute Gasteiger partial charge is 0.295 e. The summed E-state index contributed by atoms with van der Waals surface area (Å²) in [5.74, 6) is 0.358. The molecule has 246 valence electrons. The molecule has 0 atom stereocenters. The number of nitrogens with one attached hydrogen (secondary N) is 1. The maximum Gasteiger partial charge on any atom is 0.295 e. The van der Waals surface area contributed by atoms with Crippen molar-refractivity contribution in [1.29, 1.82) is 0 Å². The van der Waals surface area contributed by atoms with E-state index >= 15 is 0 Å². The average molecular weight is 707 g/mol. The molecule has 6 rings (SSSR count). The van der Waals surface area contributed by atoms with Crippen molar-refractivity contribution in [3.63, 3.8) is 0 Å².